The van der Waals surface area contributed by atoms with Gasteiger partial charge in [0, 0.05) is 49.1 Å². The van der Waals surface area contributed by atoms with Crippen LogP contribution >= 0.6 is 0 Å². The van der Waals surface area contributed by atoms with Crippen LogP contribution in [-0.2, 0) is 10.8 Å². The van der Waals surface area contributed by atoms with Crippen LogP contribution in [0, 0.1) is 13.8 Å². The largest absolute Gasteiger partial charge is 0.454 e. The minimum Gasteiger partial charge on any atom is -0.454 e. The fourth-order valence-electron chi connectivity index (χ4n) is 11.4. The molecule has 1 unspecified atom stereocenters. The Morgan fingerprint density at radius 3 is 1.65 bits per heavy atom. The fourth-order valence-corrected chi connectivity index (χ4v) is 11.4. The van der Waals surface area contributed by atoms with Gasteiger partial charge in [0.25, 0.3) is 0 Å². The molecular formula is C67H64N2O2. The molecule has 0 fully saturated rings. The normalized spacial score (nSPS) is 13.4. The van der Waals surface area contributed by atoms with Crippen LogP contribution in [0.2, 0.25) is 0 Å². The molecule has 9 aromatic carbocycles. The molecule has 0 aliphatic rings. The number of hydrogen-bond acceptors (Lipinski definition) is 4. The second-order valence-corrected chi connectivity index (χ2v) is 21.7. The molecule has 2 heterocycles. The van der Waals surface area contributed by atoms with Crippen molar-refractivity contribution in [3.63, 3.8) is 0 Å². The molecule has 354 valence electrons. The standard InChI is InChI=1S/C67H64N2O2/c1-13-19-54(42(6)38-40(3)4)68(58-26-17-22-48-46-20-15-24-52(66(8,9)10)62(46)70-64(48)58)56-36-31-44-30-34-51-57(37-32-45-29-33-50(56)60(44)61(45)51)69(55-35-28-41(5)39-43(55)7)59-27-18-23-49-47-21-16-25-53(67(11,12)14-2)63(47)71-65(49)59/h13,15-39,54H,3,14H2,1-2,4-12H3/b19-13?,42-38-. The minimum absolute atomic E-state index is 0.0535. The number of rotatable bonds is 11. The zero-order chi connectivity index (χ0) is 49.7. The van der Waals surface area contributed by atoms with Gasteiger partial charge in [-0.25, -0.2) is 0 Å². The van der Waals surface area contributed by atoms with Gasteiger partial charge in [0.1, 0.15) is 11.2 Å². The highest BCUT2D eigenvalue weighted by Gasteiger charge is 2.30. The number of hydrogen-bond donors (Lipinski definition) is 0. The molecule has 0 bridgehead atoms. The molecule has 0 N–H and O–H groups in total. The van der Waals surface area contributed by atoms with Crippen molar-refractivity contribution in [2.75, 3.05) is 9.80 Å². The van der Waals surface area contributed by atoms with Gasteiger partial charge >= 0.3 is 0 Å². The van der Waals surface area contributed by atoms with Gasteiger partial charge in [-0.2, -0.15) is 0 Å². The summed E-state index contributed by atoms with van der Waals surface area (Å²) in [6.07, 6.45) is 7.69. The Balaban J connectivity index is 1.20. The summed E-state index contributed by atoms with van der Waals surface area (Å²) in [5, 5.41) is 11.7. The molecule has 4 heteroatoms. The summed E-state index contributed by atoms with van der Waals surface area (Å²) in [4.78, 5) is 4.95. The zero-order valence-corrected chi connectivity index (χ0v) is 43.2. The second kappa shape index (κ2) is 17.1. The van der Waals surface area contributed by atoms with Gasteiger partial charge in [-0.1, -0.05) is 187 Å². The van der Waals surface area contributed by atoms with Crippen LogP contribution in [0.4, 0.5) is 28.4 Å². The van der Waals surface area contributed by atoms with Crippen molar-refractivity contribution in [2.45, 2.75) is 99.5 Å². The van der Waals surface area contributed by atoms with E-state index in [1.54, 1.807) is 0 Å². The van der Waals surface area contributed by atoms with Gasteiger partial charge in [0.15, 0.2) is 11.2 Å². The van der Waals surface area contributed by atoms with Gasteiger partial charge in [-0.3, -0.25) is 0 Å². The maximum atomic E-state index is 7.19. The first-order valence-electron chi connectivity index (χ1n) is 25.3. The summed E-state index contributed by atoms with van der Waals surface area (Å²) in [5.41, 5.74) is 15.9. The molecule has 0 amide bonds. The highest BCUT2D eigenvalue weighted by atomic mass is 16.3. The summed E-state index contributed by atoms with van der Waals surface area (Å²) < 4.78 is 14.4. The second-order valence-electron chi connectivity index (χ2n) is 21.7. The first-order chi connectivity index (χ1) is 34.1. The minimum atomic E-state index is -0.153. The van der Waals surface area contributed by atoms with Crippen LogP contribution in [0.15, 0.2) is 184 Å². The fraction of sp³-hybridized carbons (Fsp3) is 0.224. The molecule has 11 rings (SSSR count). The van der Waals surface area contributed by atoms with Crippen LogP contribution in [0.25, 0.3) is 76.2 Å². The predicted molar refractivity (Wildman–Crippen MR) is 307 cm³/mol. The van der Waals surface area contributed by atoms with Crippen molar-refractivity contribution >= 4 is 105 Å². The van der Waals surface area contributed by atoms with Crippen molar-refractivity contribution in [2.24, 2.45) is 0 Å². The maximum absolute atomic E-state index is 7.19. The van der Waals surface area contributed by atoms with Gasteiger partial charge < -0.3 is 18.6 Å². The Kier molecular flexibility index (Phi) is 11.0. The van der Waals surface area contributed by atoms with E-state index in [1.165, 1.54) is 60.1 Å². The topological polar surface area (TPSA) is 32.8 Å². The molecule has 71 heavy (non-hydrogen) atoms. The monoisotopic (exact) mass is 928 g/mol. The van der Waals surface area contributed by atoms with E-state index >= 15 is 0 Å². The van der Waals surface area contributed by atoms with E-state index in [-0.39, 0.29) is 16.9 Å². The molecular weight excluding hydrogens is 865 g/mol. The number of para-hydroxylation sites is 4. The summed E-state index contributed by atoms with van der Waals surface area (Å²) in [6.45, 7) is 28.8. The number of aryl methyl sites for hydroxylation is 2. The molecule has 0 aliphatic heterocycles. The lowest BCUT2D eigenvalue weighted by Crippen LogP contribution is -2.31. The number of benzene rings is 9. The van der Waals surface area contributed by atoms with Gasteiger partial charge in [0.05, 0.1) is 28.8 Å². The van der Waals surface area contributed by atoms with Crippen molar-refractivity contribution in [3.8, 4) is 0 Å². The van der Waals surface area contributed by atoms with Crippen LogP contribution in [0.5, 0.6) is 0 Å². The summed E-state index contributed by atoms with van der Waals surface area (Å²) in [6, 6.07) is 51.7. The first kappa shape index (κ1) is 45.9. The smallest absolute Gasteiger partial charge is 0.159 e. The van der Waals surface area contributed by atoms with Gasteiger partial charge in [0.2, 0.25) is 0 Å². The molecule has 0 aliphatic carbocycles. The quantitative estimate of drug-likeness (QED) is 0.0735. The zero-order valence-electron chi connectivity index (χ0n) is 43.2. The lowest BCUT2D eigenvalue weighted by Gasteiger charge is -2.34. The highest BCUT2D eigenvalue weighted by molar-refractivity contribution is 6.28. The van der Waals surface area contributed by atoms with E-state index in [9.17, 15) is 0 Å². The molecule has 2 aromatic heterocycles. The molecule has 4 nitrogen and oxygen atoms in total. The van der Waals surface area contributed by atoms with Gasteiger partial charge in [-0.15, -0.1) is 0 Å². The lowest BCUT2D eigenvalue weighted by atomic mass is 9.81. The molecule has 0 saturated carbocycles. The lowest BCUT2D eigenvalue weighted by molar-refractivity contribution is 0.500. The molecule has 0 radical (unpaired) electrons. The Hall–Kier alpha value is -7.56. The van der Waals surface area contributed by atoms with Crippen molar-refractivity contribution in [1.82, 2.24) is 0 Å². The van der Waals surface area contributed by atoms with Crippen LogP contribution < -0.4 is 9.80 Å². The Morgan fingerprint density at radius 2 is 1.07 bits per heavy atom. The van der Waals surface area contributed by atoms with Gasteiger partial charge in [-0.05, 0) is 115 Å². The molecule has 11 aromatic rings. The molecule has 0 spiro atoms. The third kappa shape index (κ3) is 7.41. The van der Waals surface area contributed by atoms with Crippen LogP contribution in [-0.4, -0.2) is 6.04 Å². The van der Waals surface area contributed by atoms with Crippen molar-refractivity contribution in [1.29, 1.82) is 0 Å². The summed E-state index contributed by atoms with van der Waals surface area (Å²) in [7, 11) is 0. The predicted octanol–water partition coefficient (Wildman–Crippen LogP) is 20.1. The number of fused-ring (bicyclic) bond motifs is 6. The third-order valence-electron chi connectivity index (χ3n) is 15.2. The number of anilines is 5. The average Bonchev–Trinajstić information content (AvgIpc) is 3.93. The van der Waals surface area contributed by atoms with E-state index in [0.29, 0.717) is 0 Å². The maximum Gasteiger partial charge on any atom is 0.159 e. The van der Waals surface area contributed by atoms with Crippen LogP contribution in [0.3, 0.4) is 0 Å². The SMILES string of the molecule is C=C(C)/C=C(/C)C(C=CC)N(c1ccc2ccc3c(N(c4ccc(C)cc4C)c4cccc5c4oc4c(C(C)(C)CC)cccc45)ccc4ccc1c2c43)c1cccc2c1oc1c(C(C)(C)C)cccc12. The number of nitrogens with zero attached hydrogens (tertiary/aromatic N) is 2. The van der Waals surface area contributed by atoms with E-state index in [1.807, 2.05) is 0 Å². The summed E-state index contributed by atoms with van der Waals surface area (Å²) in [5.74, 6) is 0. The Morgan fingerprint density at radius 1 is 0.563 bits per heavy atom. The number of allylic oxidation sites excluding steroid dienone is 3. The third-order valence-corrected chi connectivity index (χ3v) is 15.2. The Labute approximate surface area is 418 Å². The van der Waals surface area contributed by atoms with E-state index in [2.05, 4.69) is 250 Å². The van der Waals surface area contributed by atoms with E-state index in [4.69, 9.17) is 8.83 Å². The molecule has 1 atom stereocenters. The van der Waals surface area contributed by atoms with Crippen molar-refractivity contribution in [3.05, 3.63) is 198 Å². The number of furan rings is 2. The van der Waals surface area contributed by atoms with Crippen molar-refractivity contribution < 1.29 is 8.83 Å². The molecule has 0 saturated heterocycles. The summed E-state index contributed by atoms with van der Waals surface area (Å²) >= 11 is 0. The highest BCUT2D eigenvalue weighted by Crippen LogP contribution is 2.51. The van der Waals surface area contributed by atoms with E-state index < -0.39 is 0 Å². The van der Waals surface area contributed by atoms with Crippen LogP contribution in [0.1, 0.15) is 91.0 Å². The van der Waals surface area contributed by atoms with E-state index in [0.717, 1.165) is 84.3 Å². The first-order valence-corrected chi connectivity index (χ1v) is 25.3. The average molecular weight is 929 g/mol. The Bertz CT molecular complexity index is 3980.